The Balaban J connectivity index is 1.82. The van der Waals surface area contributed by atoms with E-state index in [2.05, 4.69) is 23.3 Å². The number of aryl methyl sites for hydroxylation is 2. The average molecular weight is 296 g/mol. The van der Waals surface area contributed by atoms with Crippen molar-refractivity contribution >= 4 is 11.6 Å². The van der Waals surface area contributed by atoms with Crippen LogP contribution in [-0.2, 0) is 4.79 Å². The van der Waals surface area contributed by atoms with E-state index >= 15 is 0 Å². The number of nitrogens with one attached hydrogen (secondary N) is 1. The number of hydrogen-bond acceptors (Lipinski definition) is 3. The highest BCUT2D eigenvalue weighted by Gasteiger charge is 2.21. The summed E-state index contributed by atoms with van der Waals surface area (Å²) in [6.45, 7) is 5.97. The van der Waals surface area contributed by atoms with Crippen LogP contribution in [0.1, 0.15) is 31.0 Å². The van der Waals surface area contributed by atoms with E-state index in [9.17, 15) is 4.79 Å². The van der Waals surface area contributed by atoms with E-state index in [1.807, 2.05) is 32.0 Å². The van der Waals surface area contributed by atoms with Crippen molar-refractivity contribution in [2.45, 2.75) is 33.6 Å². The number of benzene rings is 1. The van der Waals surface area contributed by atoms with E-state index in [0.717, 1.165) is 35.3 Å². The van der Waals surface area contributed by atoms with Crippen molar-refractivity contribution in [2.24, 2.45) is 5.92 Å². The molecule has 2 aromatic rings. The summed E-state index contributed by atoms with van der Waals surface area (Å²) >= 11 is 0. The van der Waals surface area contributed by atoms with Gasteiger partial charge >= 0.3 is 0 Å². The Hall–Kier alpha value is -2.36. The van der Waals surface area contributed by atoms with Crippen molar-refractivity contribution in [3.8, 4) is 11.5 Å². The summed E-state index contributed by atoms with van der Waals surface area (Å²) in [5, 5.41) is 3.00. The van der Waals surface area contributed by atoms with Gasteiger partial charge in [0.2, 0.25) is 11.8 Å². The van der Waals surface area contributed by atoms with Crippen LogP contribution in [0.5, 0.6) is 0 Å². The molecular weight excluding hydrogens is 276 g/mol. The minimum atomic E-state index is -0.0197. The average Bonchev–Trinajstić information content (AvgIpc) is 3.10. The Bertz CT molecular complexity index is 743. The van der Waals surface area contributed by atoms with Gasteiger partial charge in [-0.3, -0.25) is 4.79 Å². The quantitative estimate of drug-likeness (QED) is 0.861. The fourth-order valence-corrected chi connectivity index (χ4v) is 2.74. The van der Waals surface area contributed by atoms with Crippen LogP contribution in [0, 0.1) is 19.8 Å². The number of anilines is 1. The van der Waals surface area contributed by atoms with E-state index in [0.29, 0.717) is 5.89 Å². The SMILES string of the molecule is CC1=C[C@@H](C(=O)Nc2ccc(C)c(-c3nc(C)co3)c2)CC1. The Labute approximate surface area is 130 Å². The number of amides is 1. The number of aromatic nitrogens is 1. The van der Waals surface area contributed by atoms with E-state index in [-0.39, 0.29) is 11.8 Å². The maximum absolute atomic E-state index is 12.3. The molecule has 0 saturated carbocycles. The second-order valence-electron chi connectivity index (χ2n) is 5.97. The Morgan fingerprint density at radius 1 is 1.32 bits per heavy atom. The summed E-state index contributed by atoms with van der Waals surface area (Å²) in [5.74, 6) is 0.617. The minimum Gasteiger partial charge on any atom is -0.444 e. The molecule has 1 aromatic carbocycles. The zero-order valence-corrected chi connectivity index (χ0v) is 13.1. The molecule has 0 saturated heterocycles. The fourth-order valence-electron chi connectivity index (χ4n) is 2.74. The van der Waals surface area contributed by atoms with Crippen LogP contribution < -0.4 is 5.32 Å². The fraction of sp³-hybridized carbons (Fsp3) is 0.333. The zero-order chi connectivity index (χ0) is 15.7. The number of carbonyl (C=O) groups is 1. The van der Waals surface area contributed by atoms with Gasteiger partial charge in [0.15, 0.2) is 0 Å². The van der Waals surface area contributed by atoms with Crippen molar-refractivity contribution in [1.29, 1.82) is 0 Å². The molecule has 1 heterocycles. The predicted octanol–water partition coefficient (Wildman–Crippen LogP) is 4.25. The first-order valence-corrected chi connectivity index (χ1v) is 7.54. The number of hydrogen-bond donors (Lipinski definition) is 1. The van der Waals surface area contributed by atoms with Gasteiger partial charge < -0.3 is 9.73 Å². The van der Waals surface area contributed by atoms with Gasteiger partial charge in [0.05, 0.1) is 11.6 Å². The normalized spacial score (nSPS) is 17.4. The monoisotopic (exact) mass is 296 g/mol. The molecule has 0 aliphatic heterocycles. The first kappa shape index (κ1) is 14.6. The maximum atomic E-state index is 12.3. The number of carbonyl (C=O) groups excluding carboxylic acids is 1. The summed E-state index contributed by atoms with van der Waals surface area (Å²) in [6, 6.07) is 5.81. The van der Waals surface area contributed by atoms with Crippen LogP contribution in [0.15, 0.2) is 40.5 Å². The van der Waals surface area contributed by atoms with Crippen LogP contribution in [0.4, 0.5) is 5.69 Å². The summed E-state index contributed by atoms with van der Waals surface area (Å²) in [6.07, 6.45) is 5.59. The minimum absolute atomic E-state index is 0.0197. The molecule has 4 nitrogen and oxygen atoms in total. The molecule has 3 rings (SSSR count). The topological polar surface area (TPSA) is 55.1 Å². The standard InChI is InChI=1S/C18H20N2O2/c1-11-4-6-14(8-11)17(21)20-15-7-5-12(2)16(9-15)18-19-13(3)10-22-18/h5,7-10,14H,4,6H2,1-3H3,(H,20,21)/t14-/m0/s1. The van der Waals surface area contributed by atoms with Gasteiger partial charge in [0, 0.05) is 11.3 Å². The molecule has 1 aliphatic rings. The maximum Gasteiger partial charge on any atom is 0.231 e. The van der Waals surface area contributed by atoms with E-state index in [1.54, 1.807) is 6.26 Å². The number of rotatable bonds is 3. The molecule has 0 spiro atoms. The molecule has 0 fully saturated rings. The first-order chi connectivity index (χ1) is 10.5. The second-order valence-corrected chi connectivity index (χ2v) is 5.97. The summed E-state index contributed by atoms with van der Waals surface area (Å²) < 4.78 is 5.47. The lowest BCUT2D eigenvalue weighted by molar-refractivity contribution is -0.118. The lowest BCUT2D eigenvalue weighted by atomic mass is 10.1. The third-order valence-corrected chi connectivity index (χ3v) is 4.03. The van der Waals surface area contributed by atoms with Gasteiger partial charge in [-0.1, -0.05) is 17.7 Å². The summed E-state index contributed by atoms with van der Waals surface area (Å²) in [5.41, 5.74) is 4.88. The molecule has 1 atom stereocenters. The van der Waals surface area contributed by atoms with Crippen LogP contribution in [0.3, 0.4) is 0 Å². The molecular formula is C18H20N2O2. The first-order valence-electron chi connectivity index (χ1n) is 7.54. The van der Waals surface area contributed by atoms with Crippen molar-refractivity contribution in [1.82, 2.24) is 4.98 Å². The molecule has 1 aliphatic carbocycles. The summed E-state index contributed by atoms with van der Waals surface area (Å²) in [7, 11) is 0. The second kappa shape index (κ2) is 5.79. The molecule has 0 bridgehead atoms. The smallest absolute Gasteiger partial charge is 0.231 e. The van der Waals surface area contributed by atoms with Gasteiger partial charge in [-0.2, -0.15) is 0 Å². The summed E-state index contributed by atoms with van der Waals surface area (Å²) in [4.78, 5) is 16.7. The highest BCUT2D eigenvalue weighted by atomic mass is 16.3. The molecule has 114 valence electrons. The van der Waals surface area contributed by atoms with Crippen molar-refractivity contribution in [2.75, 3.05) is 5.32 Å². The molecule has 0 unspecified atom stereocenters. The predicted molar refractivity (Wildman–Crippen MR) is 86.5 cm³/mol. The Kier molecular flexibility index (Phi) is 3.84. The highest BCUT2D eigenvalue weighted by Crippen LogP contribution is 2.28. The zero-order valence-electron chi connectivity index (χ0n) is 13.1. The van der Waals surface area contributed by atoms with E-state index in [4.69, 9.17) is 4.42 Å². The molecule has 0 radical (unpaired) electrons. The molecule has 22 heavy (non-hydrogen) atoms. The Morgan fingerprint density at radius 3 is 2.77 bits per heavy atom. The van der Waals surface area contributed by atoms with Crippen molar-refractivity contribution in [3.05, 3.63) is 47.4 Å². The van der Waals surface area contributed by atoms with Gasteiger partial charge in [0.25, 0.3) is 0 Å². The van der Waals surface area contributed by atoms with Gasteiger partial charge in [-0.05, 0) is 51.3 Å². The van der Waals surface area contributed by atoms with Gasteiger partial charge in [-0.25, -0.2) is 4.98 Å². The van der Waals surface area contributed by atoms with Gasteiger partial charge in [-0.15, -0.1) is 0 Å². The molecule has 1 aromatic heterocycles. The third-order valence-electron chi connectivity index (χ3n) is 4.03. The number of oxazole rings is 1. The molecule has 1 amide bonds. The Morgan fingerprint density at radius 2 is 2.14 bits per heavy atom. The molecule has 1 N–H and O–H groups in total. The van der Waals surface area contributed by atoms with Crippen LogP contribution >= 0.6 is 0 Å². The molecule has 4 heteroatoms. The van der Waals surface area contributed by atoms with E-state index in [1.165, 1.54) is 5.57 Å². The lowest BCUT2D eigenvalue weighted by Gasteiger charge is -2.11. The van der Waals surface area contributed by atoms with E-state index < -0.39 is 0 Å². The van der Waals surface area contributed by atoms with Crippen molar-refractivity contribution < 1.29 is 9.21 Å². The lowest BCUT2D eigenvalue weighted by Crippen LogP contribution is -2.19. The van der Waals surface area contributed by atoms with Crippen molar-refractivity contribution in [3.63, 3.8) is 0 Å². The highest BCUT2D eigenvalue weighted by molar-refractivity contribution is 5.94. The number of allylic oxidation sites excluding steroid dienone is 1. The van der Waals surface area contributed by atoms with Crippen LogP contribution in [-0.4, -0.2) is 10.9 Å². The third kappa shape index (κ3) is 2.96. The largest absolute Gasteiger partial charge is 0.444 e. The van der Waals surface area contributed by atoms with Crippen LogP contribution in [0.25, 0.3) is 11.5 Å². The van der Waals surface area contributed by atoms with Crippen LogP contribution in [0.2, 0.25) is 0 Å². The number of nitrogens with zero attached hydrogens (tertiary/aromatic N) is 1. The van der Waals surface area contributed by atoms with Gasteiger partial charge in [0.1, 0.15) is 6.26 Å².